The van der Waals surface area contributed by atoms with Gasteiger partial charge in [0.1, 0.15) is 5.75 Å². The molecule has 1 aromatic rings. The SMILES string of the molecule is CCC[C@H](N)C(=O)Nc1ccc2c(c1)NC(=O)C(C)O2. The van der Waals surface area contributed by atoms with E-state index in [1.807, 2.05) is 6.92 Å². The molecule has 1 aliphatic heterocycles. The van der Waals surface area contributed by atoms with Gasteiger partial charge in [-0.1, -0.05) is 13.3 Å². The van der Waals surface area contributed by atoms with E-state index in [0.29, 0.717) is 23.5 Å². The summed E-state index contributed by atoms with van der Waals surface area (Å²) in [5.74, 6) is 0.153. The van der Waals surface area contributed by atoms with E-state index in [-0.39, 0.29) is 11.8 Å². The molecular weight excluding hydrogens is 258 g/mol. The molecule has 1 unspecified atom stereocenters. The second-order valence-electron chi connectivity index (χ2n) is 4.84. The molecule has 1 aromatic carbocycles. The first kappa shape index (κ1) is 14.3. The van der Waals surface area contributed by atoms with E-state index in [4.69, 9.17) is 10.5 Å². The summed E-state index contributed by atoms with van der Waals surface area (Å²) in [6.45, 7) is 3.65. The molecule has 1 heterocycles. The first-order valence-electron chi connectivity index (χ1n) is 6.69. The van der Waals surface area contributed by atoms with Crippen molar-refractivity contribution in [1.29, 1.82) is 0 Å². The van der Waals surface area contributed by atoms with Crippen LogP contribution in [0.3, 0.4) is 0 Å². The van der Waals surface area contributed by atoms with Gasteiger partial charge in [-0.3, -0.25) is 9.59 Å². The molecule has 0 spiro atoms. The van der Waals surface area contributed by atoms with Crippen molar-refractivity contribution in [3.8, 4) is 5.75 Å². The van der Waals surface area contributed by atoms with Crippen molar-refractivity contribution in [2.24, 2.45) is 5.73 Å². The van der Waals surface area contributed by atoms with E-state index in [1.165, 1.54) is 0 Å². The van der Waals surface area contributed by atoms with E-state index < -0.39 is 12.1 Å². The van der Waals surface area contributed by atoms with Gasteiger partial charge in [-0.25, -0.2) is 0 Å². The first-order valence-corrected chi connectivity index (χ1v) is 6.69. The van der Waals surface area contributed by atoms with Crippen LogP contribution < -0.4 is 21.1 Å². The van der Waals surface area contributed by atoms with Crippen molar-refractivity contribution in [2.45, 2.75) is 38.8 Å². The average Bonchev–Trinajstić information content (AvgIpc) is 2.40. The Morgan fingerprint density at radius 3 is 3.00 bits per heavy atom. The smallest absolute Gasteiger partial charge is 0.265 e. The van der Waals surface area contributed by atoms with Gasteiger partial charge in [-0.05, 0) is 31.5 Å². The van der Waals surface area contributed by atoms with Crippen molar-refractivity contribution >= 4 is 23.2 Å². The van der Waals surface area contributed by atoms with Gasteiger partial charge in [-0.15, -0.1) is 0 Å². The molecule has 4 N–H and O–H groups in total. The summed E-state index contributed by atoms with van der Waals surface area (Å²) in [5, 5.41) is 5.46. The van der Waals surface area contributed by atoms with Crippen molar-refractivity contribution < 1.29 is 14.3 Å². The van der Waals surface area contributed by atoms with Crippen LogP contribution in [0.25, 0.3) is 0 Å². The highest BCUT2D eigenvalue weighted by Gasteiger charge is 2.23. The van der Waals surface area contributed by atoms with Gasteiger partial charge in [0.05, 0.1) is 11.7 Å². The number of hydrogen-bond donors (Lipinski definition) is 3. The fourth-order valence-electron chi connectivity index (χ4n) is 1.96. The van der Waals surface area contributed by atoms with Gasteiger partial charge in [0.25, 0.3) is 5.91 Å². The molecule has 6 heteroatoms. The third-order valence-corrected chi connectivity index (χ3v) is 3.11. The third-order valence-electron chi connectivity index (χ3n) is 3.11. The lowest BCUT2D eigenvalue weighted by atomic mass is 10.1. The number of carbonyl (C=O) groups is 2. The monoisotopic (exact) mass is 277 g/mol. The second-order valence-corrected chi connectivity index (χ2v) is 4.84. The zero-order valence-corrected chi connectivity index (χ0v) is 11.6. The van der Waals surface area contributed by atoms with Gasteiger partial charge >= 0.3 is 0 Å². The molecule has 2 rings (SSSR count). The molecule has 2 atom stereocenters. The number of rotatable bonds is 4. The Morgan fingerprint density at radius 1 is 1.55 bits per heavy atom. The predicted molar refractivity (Wildman–Crippen MR) is 76.7 cm³/mol. The number of anilines is 2. The Labute approximate surface area is 117 Å². The van der Waals surface area contributed by atoms with Crippen molar-refractivity contribution in [2.75, 3.05) is 10.6 Å². The van der Waals surface area contributed by atoms with Gasteiger partial charge < -0.3 is 21.1 Å². The number of fused-ring (bicyclic) bond motifs is 1. The summed E-state index contributed by atoms with van der Waals surface area (Å²) in [5.41, 5.74) is 6.88. The van der Waals surface area contributed by atoms with Crippen LogP contribution in [-0.2, 0) is 9.59 Å². The summed E-state index contributed by atoms with van der Waals surface area (Å²) in [7, 11) is 0. The lowest BCUT2D eigenvalue weighted by molar-refractivity contribution is -0.122. The number of hydrogen-bond acceptors (Lipinski definition) is 4. The molecule has 20 heavy (non-hydrogen) atoms. The lowest BCUT2D eigenvalue weighted by Crippen LogP contribution is -2.36. The Balaban J connectivity index is 2.10. The van der Waals surface area contributed by atoms with Gasteiger partial charge in [0, 0.05) is 5.69 Å². The Kier molecular flexibility index (Phi) is 4.24. The molecule has 0 aliphatic carbocycles. The maximum Gasteiger partial charge on any atom is 0.265 e. The number of ether oxygens (including phenoxy) is 1. The maximum absolute atomic E-state index is 11.8. The van der Waals surface area contributed by atoms with Crippen LogP contribution in [0.15, 0.2) is 18.2 Å². The first-order chi connectivity index (χ1) is 9.51. The normalized spacial score (nSPS) is 18.6. The molecule has 108 valence electrons. The minimum atomic E-state index is -0.526. The fraction of sp³-hybridized carbons (Fsp3) is 0.429. The molecule has 6 nitrogen and oxygen atoms in total. The van der Waals surface area contributed by atoms with E-state index in [9.17, 15) is 9.59 Å². The standard InChI is InChI=1S/C14H19N3O3/c1-3-4-10(15)14(19)16-9-5-6-12-11(7-9)17-13(18)8(2)20-12/h5-8,10H,3-4,15H2,1-2H3,(H,16,19)(H,17,18)/t8?,10-/m0/s1. The van der Waals surface area contributed by atoms with Gasteiger partial charge in [0.15, 0.2) is 6.10 Å². The van der Waals surface area contributed by atoms with Crippen LogP contribution in [0.5, 0.6) is 5.75 Å². The molecule has 0 fully saturated rings. The number of benzene rings is 1. The largest absolute Gasteiger partial charge is 0.479 e. The van der Waals surface area contributed by atoms with Crippen LogP contribution >= 0.6 is 0 Å². The second kappa shape index (κ2) is 5.92. The van der Waals surface area contributed by atoms with E-state index in [0.717, 1.165) is 6.42 Å². The van der Waals surface area contributed by atoms with Gasteiger partial charge in [-0.2, -0.15) is 0 Å². The summed E-state index contributed by atoms with van der Waals surface area (Å²) < 4.78 is 5.44. The molecule has 0 saturated carbocycles. The minimum Gasteiger partial charge on any atom is -0.479 e. The van der Waals surface area contributed by atoms with Crippen molar-refractivity contribution in [1.82, 2.24) is 0 Å². The zero-order valence-electron chi connectivity index (χ0n) is 11.6. The fourth-order valence-corrected chi connectivity index (χ4v) is 1.96. The molecule has 1 aliphatic rings. The molecule has 0 saturated heterocycles. The van der Waals surface area contributed by atoms with Crippen molar-refractivity contribution in [3.05, 3.63) is 18.2 Å². The van der Waals surface area contributed by atoms with Crippen LogP contribution in [-0.4, -0.2) is 24.0 Å². The van der Waals surface area contributed by atoms with Crippen LogP contribution in [0.4, 0.5) is 11.4 Å². The molecule has 0 radical (unpaired) electrons. The van der Waals surface area contributed by atoms with Crippen LogP contribution in [0, 0.1) is 0 Å². The van der Waals surface area contributed by atoms with Crippen LogP contribution in [0.2, 0.25) is 0 Å². The highest BCUT2D eigenvalue weighted by atomic mass is 16.5. The van der Waals surface area contributed by atoms with E-state index in [1.54, 1.807) is 25.1 Å². The summed E-state index contributed by atoms with van der Waals surface area (Å²) in [6, 6.07) is 4.57. The highest BCUT2D eigenvalue weighted by Crippen LogP contribution is 2.32. The maximum atomic E-state index is 11.8. The predicted octanol–water partition coefficient (Wildman–Crippen LogP) is 1.47. The number of nitrogens with two attached hydrogens (primary N) is 1. The lowest BCUT2D eigenvalue weighted by Gasteiger charge is -2.23. The Bertz CT molecular complexity index is 530. The van der Waals surface area contributed by atoms with Gasteiger partial charge in [0.2, 0.25) is 5.91 Å². The minimum absolute atomic E-state index is 0.205. The Morgan fingerprint density at radius 2 is 2.30 bits per heavy atom. The highest BCUT2D eigenvalue weighted by molar-refractivity contribution is 5.99. The van der Waals surface area contributed by atoms with Crippen LogP contribution in [0.1, 0.15) is 26.7 Å². The zero-order chi connectivity index (χ0) is 14.7. The molecule has 2 amide bonds. The molecule has 0 bridgehead atoms. The van der Waals surface area contributed by atoms with Crippen molar-refractivity contribution in [3.63, 3.8) is 0 Å². The quantitative estimate of drug-likeness (QED) is 0.777. The third kappa shape index (κ3) is 3.08. The number of amides is 2. The summed E-state index contributed by atoms with van der Waals surface area (Å²) in [4.78, 5) is 23.4. The molecular formula is C14H19N3O3. The van der Waals surface area contributed by atoms with E-state index >= 15 is 0 Å². The Hall–Kier alpha value is -2.08. The summed E-state index contributed by atoms with van der Waals surface area (Å²) >= 11 is 0. The average molecular weight is 277 g/mol. The molecule has 0 aromatic heterocycles. The number of nitrogens with one attached hydrogen (secondary N) is 2. The van der Waals surface area contributed by atoms with E-state index in [2.05, 4.69) is 10.6 Å². The number of carbonyl (C=O) groups excluding carboxylic acids is 2. The topological polar surface area (TPSA) is 93.5 Å². The summed E-state index contributed by atoms with van der Waals surface area (Å²) in [6.07, 6.45) is 0.968.